The van der Waals surface area contributed by atoms with Crippen molar-refractivity contribution in [2.45, 2.75) is 65.2 Å². The molecule has 0 aliphatic heterocycles. The first-order chi connectivity index (χ1) is 9.58. The molecule has 0 amide bonds. The second kappa shape index (κ2) is 9.60. The van der Waals surface area contributed by atoms with Crippen molar-refractivity contribution in [3.8, 4) is 0 Å². The third-order valence-electron chi connectivity index (χ3n) is 5.39. The maximum absolute atomic E-state index is 2.32. The van der Waals surface area contributed by atoms with Crippen LogP contribution in [0.3, 0.4) is 0 Å². The van der Waals surface area contributed by atoms with Gasteiger partial charge in [0.05, 0.1) is 0 Å². The van der Waals surface area contributed by atoms with E-state index in [1.54, 1.807) is 22.3 Å². The average Bonchev–Trinajstić information content (AvgIpc) is 3.13. The molecule has 4 rings (SSSR count). The molecule has 126 valence electrons. The molecule has 2 aromatic rings. The summed E-state index contributed by atoms with van der Waals surface area (Å²) in [5, 5.41) is 0. The third kappa shape index (κ3) is 4.62. The van der Waals surface area contributed by atoms with Crippen molar-refractivity contribution < 1.29 is 26.2 Å². The zero-order chi connectivity index (χ0) is 14.3. The quantitative estimate of drug-likeness (QED) is 0.426. The Morgan fingerprint density at radius 1 is 0.783 bits per heavy atom. The molecule has 2 aliphatic rings. The molecule has 0 radical (unpaired) electrons. The molecule has 0 aromatic heterocycles. The molecule has 0 bridgehead atoms. The van der Waals surface area contributed by atoms with Gasteiger partial charge < -0.3 is 0 Å². The maximum atomic E-state index is 2.32. The van der Waals surface area contributed by atoms with E-state index in [2.05, 4.69) is 52.0 Å². The topological polar surface area (TPSA) is 0 Å². The molecule has 2 aliphatic carbocycles. The summed E-state index contributed by atoms with van der Waals surface area (Å²) >= 11 is 0. The molecule has 3 heteroatoms. The van der Waals surface area contributed by atoms with Crippen molar-refractivity contribution in [3.05, 3.63) is 57.6 Å². The van der Waals surface area contributed by atoms with E-state index in [4.69, 9.17) is 0 Å². The molecule has 2 unspecified atom stereocenters. The Labute approximate surface area is 173 Å². The molecule has 2 atom stereocenters. The van der Waals surface area contributed by atoms with Crippen LogP contribution < -0.4 is 0 Å². The molecule has 0 N–H and O–H groups in total. The minimum Gasteiger partial charge on any atom is -0.210 e. The largest absolute Gasteiger partial charge is 2.00 e. The van der Waals surface area contributed by atoms with Crippen molar-refractivity contribution in [1.82, 2.24) is 0 Å². The van der Waals surface area contributed by atoms with Gasteiger partial charge in [-0.1, -0.05) is 65.2 Å². The van der Waals surface area contributed by atoms with Gasteiger partial charge in [0, 0.05) is 0 Å². The fourth-order valence-electron chi connectivity index (χ4n) is 3.93. The summed E-state index contributed by atoms with van der Waals surface area (Å²) in [4.78, 5) is 0. The molecule has 0 spiro atoms. The zero-order valence-corrected chi connectivity index (χ0v) is 18.7. The van der Waals surface area contributed by atoms with Gasteiger partial charge in [0.25, 0.3) is 0 Å². The van der Waals surface area contributed by atoms with Crippen LogP contribution in [0.5, 0.6) is 0 Å². The van der Waals surface area contributed by atoms with Crippen LogP contribution in [0.2, 0.25) is 0 Å². The molecule has 0 nitrogen and oxygen atoms in total. The Kier molecular flexibility index (Phi) is 9.66. The SMILES string of the molecule is C[c-]1ccc2c1CCC2C.C[c-]1ccc2c1CCC2C.Cl.Cl.[Zr+2]. The Morgan fingerprint density at radius 2 is 1.13 bits per heavy atom. The van der Waals surface area contributed by atoms with Crippen LogP contribution in [-0.2, 0) is 39.0 Å². The van der Waals surface area contributed by atoms with Crippen LogP contribution in [0.15, 0.2) is 24.3 Å². The average molecular weight is 431 g/mol. The molecule has 23 heavy (non-hydrogen) atoms. The maximum Gasteiger partial charge on any atom is 2.00 e. The predicted molar refractivity (Wildman–Crippen MR) is 102 cm³/mol. The minimum absolute atomic E-state index is 0. The van der Waals surface area contributed by atoms with Crippen LogP contribution in [0.4, 0.5) is 0 Å². The Balaban J connectivity index is 0.000000372. The smallest absolute Gasteiger partial charge is 0.210 e. The summed E-state index contributed by atoms with van der Waals surface area (Å²) in [7, 11) is 0. The summed E-state index contributed by atoms with van der Waals surface area (Å²) in [5.41, 5.74) is 9.48. The third-order valence-corrected chi connectivity index (χ3v) is 5.39. The summed E-state index contributed by atoms with van der Waals surface area (Å²) in [6.45, 7) is 9.09. The fourth-order valence-corrected chi connectivity index (χ4v) is 3.93. The first-order valence-electron chi connectivity index (χ1n) is 8.08. The number of hydrogen-bond acceptors (Lipinski definition) is 0. The molecule has 0 saturated carbocycles. The van der Waals surface area contributed by atoms with E-state index in [1.807, 2.05) is 0 Å². The second-order valence-corrected chi connectivity index (χ2v) is 6.78. The van der Waals surface area contributed by atoms with Crippen molar-refractivity contribution in [1.29, 1.82) is 0 Å². The first-order valence-corrected chi connectivity index (χ1v) is 8.08. The first kappa shape index (κ1) is 23.2. The Bertz CT molecular complexity index is 555. The van der Waals surface area contributed by atoms with Crippen LogP contribution >= 0.6 is 24.8 Å². The van der Waals surface area contributed by atoms with Gasteiger partial charge in [-0.2, -0.15) is 45.5 Å². The zero-order valence-electron chi connectivity index (χ0n) is 14.6. The van der Waals surface area contributed by atoms with E-state index in [9.17, 15) is 0 Å². The van der Waals surface area contributed by atoms with Crippen molar-refractivity contribution >= 4 is 24.8 Å². The molecular formula is C20H28Cl2Zr. The van der Waals surface area contributed by atoms with Gasteiger partial charge in [0.2, 0.25) is 0 Å². The molecule has 0 saturated heterocycles. The van der Waals surface area contributed by atoms with Gasteiger partial charge in [-0.3, -0.25) is 0 Å². The van der Waals surface area contributed by atoms with Crippen molar-refractivity contribution in [2.75, 3.05) is 0 Å². The van der Waals surface area contributed by atoms with Crippen LogP contribution in [0.25, 0.3) is 0 Å². The van der Waals surface area contributed by atoms with Crippen LogP contribution in [0, 0.1) is 13.8 Å². The number of aryl methyl sites for hydroxylation is 2. The van der Waals surface area contributed by atoms with Gasteiger partial charge in [-0.15, -0.1) is 24.8 Å². The van der Waals surface area contributed by atoms with Crippen molar-refractivity contribution in [2.24, 2.45) is 0 Å². The number of halogens is 2. The summed E-state index contributed by atoms with van der Waals surface area (Å²) in [6, 6.07) is 9.09. The van der Waals surface area contributed by atoms with E-state index < -0.39 is 0 Å². The van der Waals surface area contributed by atoms with Gasteiger partial charge >= 0.3 is 26.2 Å². The summed E-state index contributed by atoms with van der Waals surface area (Å²) in [5.74, 6) is 1.65. The molecule has 2 aromatic carbocycles. The Morgan fingerprint density at radius 3 is 1.43 bits per heavy atom. The number of hydrogen-bond donors (Lipinski definition) is 0. The Hall–Kier alpha value is 0.163. The van der Waals surface area contributed by atoms with Gasteiger partial charge in [0.1, 0.15) is 0 Å². The normalized spacial score (nSPS) is 20.2. The van der Waals surface area contributed by atoms with Crippen LogP contribution in [-0.4, -0.2) is 0 Å². The van der Waals surface area contributed by atoms with Gasteiger partial charge in [0.15, 0.2) is 0 Å². The van der Waals surface area contributed by atoms with E-state index >= 15 is 0 Å². The monoisotopic (exact) mass is 428 g/mol. The van der Waals surface area contributed by atoms with E-state index in [0.717, 1.165) is 11.8 Å². The van der Waals surface area contributed by atoms with Gasteiger partial charge in [-0.25, -0.2) is 12.1 Å². The number of fused-ring (bicyclic) bond motifs is 2. The van der Waals surface area contributed by atoms with E-state index in [0.29, 0.717) is 0 Å². The van der Waals surface area contributed by atoms with Crippen LogP contribution in [0.1, 0.15) is 71.9 Å². The molecular weight excluding hydrogens is 402 g/mol. The van der Waals surface area contributed by atoms with E-state index in [-0.39, 0.29) is 51.0 Å². The predicted octanol–water partition coefficient (Wildman–Crippen LogP) is 6.37. The summed E-state index contributed by atoms with van der Waals surface area (Å²) < 4.78 is 0. The minimum atomic E-state index is 0. The van der Waals surface area contributed by atoms with Crippen molar-refractivity contribution in [3.63, 3.8) is 0 Å². The van der Waals surface area contributed by atoms with Gasteiger partial charge in [-0.05, 0) is 0 Å². The summed E-state index contributed by atoms with van der Waals surface area (Å²) in [6.07, 6.45) is 5.36. The standard InChI is InChI=1S/2C10H13.2ClH.Zr/c2*1-7-3-5-10-8(2)4-6-9(7)10;;;/h2*3,5,8H,4,6H2,1-2H3;2*1H;/q2*-1;;;+2. The fraction of sp³-hybridized carbons (Fsp3) is 0.500. The van der Waals surface area contributed by atoms with E-state index in [1.165, 1.54) is 36.8 Å². The molecule has 0 heterocycles. The second-order valence-electron chi connectivity index (χ2n) is 6.78. The molecule has 0 fully saturated rings. The number of rotatable bonds is 0.